The van der Waals surface area contributed by atoms with Gasteiger partial charge in [0, 0.05) is 0 Å². The lowest BCUT2D eigenvalue weighted by atomic mass is 10.2. The molecule has 0 heterocycles. The fourth-order valence-electron chi connectivity index (χ4n) is 1.46. The van der Waals surface area contributed by atoms with Crippen LogP contribution in [0.25, 0.3) is 0 Å². The fourth-order valence-corrected chi connectivity index (χ4v) is 3.43. The van der Waals surface area contributed by atoms with Gasteiger partial charge in [0.1, 0.15) is 0 Å². The molecule has 0 aliphatic heterocycles. The first-order valence-electron chi connectivity index (χ1n) is 6.83. The van der Waals surface area contributed by atoms with Gasteiger partial charge in [0.2, 0.25) is 0 Å². The number of hydrogen-bond acceptors (Lipinski definition) is 3. The van der Waals surface area contributed by atoms with Crippen LogP contribution in [0.3, 0.4) is 0 Å². The molecule has 1 rings (SSSR count). The highest BCUT2D eigenvalue weighted by molar-refractivity contribution is 7.53. The van der Waals surface area contributed by atoms with Crippen molar-refractivity contribution in [1.82, 2.24) is 0 Å². The average Bonchev–Trinajstić information content (AvgIpc) is 2.36. The quantitative estimate of drug-likeness (QED) is 0.648. The predicted molar refractivity (Wildman–Crippen MR) is 79.3 cm³/mol. The molecule has 0 spiro atoms. The third-order valence-electron chi connectivity index (χ3n) is 2.43. The molecular weight excluding hydrogens is 259 g/mol. The maximum atomic E-state index is 12.7. The lowest BCUT2D eigenvalue weighted by molar-refractivity contribution is 0.172. The Morgan fingerprint density at radius 3 is 1.84 bits per heavy atom. The van der Waals surface area contributed by atoms with Gasteiger partial charge >= 0.3 is 7.60 Å². The van der Waals surface area contributed by atoms with Gasteiger partial charge in [0.05, 0.1) is 19.4 Å². The lowest BCUT2D eigenvalue weighted by Crippen LogP contribution is -2.08. The summed E-state index contributed by atoms with van der Waals surface area (Å²) in [6.45, 7) is 9.07. The monoisotopic (exact) mass is 284 g/mol. The smallest absolute Gasteiger partial charge is 0.308 e. The van der Waals surface area contributed by atoms with Crippen LogP contribution in [0.2, 0.25) is 0 Å². The van der Waals surface area contributed by atoms with Crippen molar-refractivity contribution in [3.8, 4) is 0 Å². The average molecular weight is 284 g/mol. The molecule has 1 aromatic rings. The number of hydrogen-bond donors (Lipinski definition) is 0. The Morgan fingerprint density at radius 2 is 1.42 bits per heavy atom. The zero-order valence-electron chi connectivity index (χ0n) is 12.3. The standard InChI is InChI=1S/C15H25O3P/c1-13(2)10-17-19(16,18-11-14(3)4)12-15-8-6-5-7-9-15/h5-9,13-14H,10-12H2,1-4H3. The van der Waals surface area contributed by atoms with E-state index in [0.717, 1.165) is 5.56 Å². The summed E-state index contributed by atoms with van der Waals surface area (Å²) in [7, 11) is -3.05. The molecule has 4 heteroatoms. The molecule has 0 amide bonds. The van der Waals surface area contributed by atoms with E-state index in [1.807, 2.05) is 58.0 Å². The van der Waals surface area contributed by atoms with Crippen LogP contribution in [-0.4, -0.2) is 13.2 Å². The lowest BCUT2D eigenvalue weighted by Gasteiger charge is -2.21. The molecular formula is C15H25O3P. The van der Waals surface area contributed by atoms with Gasteiger partial charge in [0.15, 0.2) is 0 Å². The summed E-state index contributed by atoms with van der Waals surface area (Å²) in [6.07, 6.45) is 0.341. The van der Waals surface area contributed by atoms with E-state index in [9.17, 15) is 4.57 Å². The van der Waals surface area contributed by atoms with Crippen molar-refractivity contribution < 1.29 is 13.6 Å². The molecule has 0 unspecified atom stereocenters. The van der Waals surface area contributed by atoms with Crippen molar-refractivity contribution >= 4 is 7.60 Å². The van der Waals surface area contributed by atoms with E-state index in [1.165, 1.54) is 0 Å². The first kappa shape index (κ1) is 16.4. The Labute approximate surface area is 116 Å². The summed E-state index contributed by atoms with van der Waals surface area (Å²) in [5.74, 6) is 0.679. The number of benzene rings is 1. The van der Waals surface area contributed by atoms with Gasteiger partial charge in [-0.2, -0.15) is 0 Å². The van der Waals surface area contributed by atoms with Crippen molar-refractivity contribution in [2.75, 3.05) is 13.2 Å². The van der Waals surface area contributed by atoms with Crippen molar-refractivity contribution in [1.29, 1.82) is 0 Å². The highest BCUT2D eigenvalue weighted by atomic mass is 31.2. The molecule has 0 N–H and O–H groups in total. The molecule has 1 aromatic carbocycles. The highest BCUT2D eigenvalue weighted by Gasteiger charge is 2.26. The minimum absolute atomic E-state index is 0.340. The first-order chi connectivity index (χ1) is 8.91. The van der Waals surface area contributed by atoms with Gasteiger partial charge in [-0.15, -0.1) is 0 Å². The zero-order chi connectivity index (χ0) is 14.3. The Hall–Kier alpha value is -0.630. The van der Waals surface area contributed by atoms with Gasteiger partial charge in [0.25, 0.3) is 0 Å². The summed E-state index contributed by atoms with van der Waals surface area (Å²) in [5.41, 5.74) is 0.985. The van der Waals surface area contributed by atoms with Crippen LogP contribution in [-0.2, 0) is 19.8 Å². The zero-order valence-corrected chi connectivity index (χ0v) is 13.2. The minimum Gasteiger partial charge on any atom is -0.308 e. The highest BCUT2D eigenvalue weighted by Crippen LogP contribution is 2.52. The molecule has 0 saturated heterocycles. The van der Waals surface area contributed by atoms with Crippen LogP contribution in [0.15, 0.2) is 30.3 Å². The van der Waals surface area contributed by atoms with Crippen LogP contribution in [0.1, 0.15) is 33.3 Å². The van der Waals surface area contributed by atoms with Gasteiger partial charge < -0.3 is 9.05 Å². The normalized spacial score (nSPS) is 12.3. The van der Waals surface area contributed by atoms with E-state index in [1.54, 1.807) is 0 Å². The van der Waals surface area contributed by atoms with E-state index in [4.69, 9.17) is 9.05 Å². The first-order valence-corrected chi connectivity index (χ1v) is 8.56. The Balaban J connectivity index is 2.70. The van der Waals surface area contributed by atoms with Gasteiger partial charge in [-0.3, -0.25) is 4.57 Å². The molecule has 0 atom stereocenters. The second-order valence-electron chi connectivity index (χ2n) is 5.63. The maximum absolute atomic E-state index is 12.7. The van der Waals surface area contributed by atoms with Crippen LogP contribution < -0.4 is 0 Å². The molecule has 108 valence electrons. The van der Waals surface area contributed by atoms with Crippen LogP contribution in [0.4, 0.5) is 0 Å². The molecule has 0 bridgehead atoms. The van der Waals surface area contributed by atoms with Gasteiger partial charge in [-0.1, -0.05) is 58.0 Å². The van der Waals surface area contributed by atoms with Crippen molar-refractivity contribution in [3.63, 3.8) is 0 Å². The minimum atomic E-state index is -3.05. The second-order valence-corrected chi connectivity index (χ2v) is 7.69. The summed E-state index contributed by atoms with van der Waals surface area (Å²) in [6, 6.07) is 9.71. The largest absolute Gasteiger partial charge is 0.335 e. The summed E-state index contributed by atoms with van der Waals surface area (Å²) >= 11 is 0. The Bertz CT molecular complexity index is 385. The third-order valence-corrected chi connectivity index (χ3v) is 4.27. The third kappa shape index (κ3) is 6.91. The van der Waals surface area contributed by atoms with E-state index in [2.05, 4.69) is 0 Å². The maximum Gasteiger partial charge on any atom is 0.335 e. The molecule has 3 nitrogen and oxygen atoms in total. The molecule has 19 heavy (non-hydrogen) atoms. The Morgan fingerprint density at radius 1 is 0.947 bits per heavy atom. The number of rotatable bonds is 8. The van der Waals surface area contributed by atoms with Crippen molar-refractivity contribution in [3.05, 3.63) is 35.9 Å². The molecule has 0 aliphatic rings. The van der Waals surface area contributed by atoms with Gasteiger partial charge in [-0.25, -0.2) is 0 Å². The van der Waals surface area contributed by atoms with E-state index in [-0.39, 0.29) is 0 Å². The van der Waals surface area contributed by atoms with Crippen molar-refractivity contribution in [2.45, 2.75) is 33.9 Å². The second kappa shape index (κ2) is 7.84. The fraction of sp³-hybridized carbons (Fsp3) is 0.600. The summed E-state index contributed by atoms with van der Waals surface area (Å²) in [5, 5.41) is 0. The van der Waals surface area contributed by atoms with Crippen LogP contribution in [0, 0.1) is 11.8 Å². The summed E-state index contributed by atoms with van der Waals surface area (Å²) in [4.78, 5) is 0. The van der Waals surface area contributed by atoms with Crippen LogP contribution in [0.5, 0.6) is 0 Å². The van der Waals surface area contributed by atoms with Crippen LogP contribution >= 0.6 is 7.60 Å². The van der Waals surface area contributed by atoms with Gasteiger partial charge in [-0.05, 0) is 17.4 Å². The predicted octanol–water partition coefficient (Wildman–Crippen LogP) is 4.72. The SMILES string of the molecule is CC(C)COP(=O)(Cc1ccccc1)OCC(C)C. The van der Waals surface area contributed by atoms with E-state index >= 15 is 0 Å². The molecule has 0 aliphatic carbocycles. The van der Waals surface area contributed by atoms with E-state index < -0.39 is 7.60 Å². The molecule has 0 radical (unpaired) electrons. The molecule has 0 aromatic heterocycles. The molecule has 0 fully saturated rings. The van der Waals surface area contributed by atoms with Crippen molar-refractivity contribution in [2.24, 2.45) is 11.8 Å². The topological polar surface area (TPSA) is 35.5 Å². The summed E-state index contributed by atoms with van der Waals surface area (Å²) < 4.78 is 23.9. The Kier molecular flexibility index (Phi) is 6.78. The molecule has 0 saturated carbocycles. The van der Waals surface area contributed by atoms with E-state index in [0.29, 0.717) is 31.2 Å².